The quantitative estimate of drug-likeness (QED) is 0.522. The van der Waals surface area contributed by atoms with Crippen molar-refractivity contribution in [2.24, 2.45) is 0 Å². The van der Waals surface area contributed by atoms with Crippen LogP contribution in [-0.2, 0) is 4.79 Å². The zero-order chi connectivity index (χ0) is 18.5. The average Bonchev–Trinajstić information content (AvgIpc) is 3.05. The molecule has 3 rings (SSSR count). The van der Waals surface area contributed by atoms with Gasteiger partial charge in [0.15, 0.2) is 0 Å². The summed E-state index contributed by atoms with van der Waals surface area (Å²) in [6.07, 6.45) is 5.50. The fourth-order valence-electron chi connectivity index (χ4n) is 2.54. The van der Waals surface area contributed by atoms with Crippen molar-refractivity contribution >= 4 is 24.0 Å². The summed E-state index contributed by atoms with van der Waals surface area (Å²) >= 11 is 0. The Bertz CT molecular complexity index is 972. The van der Waals surface area contributed by atoms with E-state index in [1.165, 1.54) is 18.5 Å². The Hall–Kier alpha value is -3.47. The Balaban J connectivity index is 2.08. The second kappa shape index (κ2) is 7.61. The zero-order valence-electron chi connectivity index (χ0n) is 14.5. The van der Waals surface area contributed by atoms with E-state index < -0.39 is 5.97 Å². The molecular formula is C21H18N2O3. The van der Waals surface area contributed by atoms with Crippen LogP contribution in [0.4, 0.5) is 0 Å². The van der Waals surface area contributed by atoms with Gasteiger partial charge in [-0.2, -0.15) is 5.10 Å². The first kappa shape index (κ1) is 17.4. The van der Waals surface area contributed by atoms with Crippen LogP contribution in [0.25, 0.3) is 23.4 Å². The molecule has 0 spiro atoms. The van der Waals surface area contributed by atoms with Crippen molar-refractivity contribution in [3.8, 4) is 17.0 Å². The number of carbonyl (C=O) groups is 2. The Kier molecular flexibility index (Phi) is 5.08. The maximum atomic E-state index is 11.8. The number of carbonyl (C=O) groups excluding carboxylic acids is 2. The van der Waals surface area contributed by atoms with Crippen LogP contribution in [0, 0.1) is 0 Å². The molecule has 5 heteroatoms. The first-order valence-corrected chi connectivity index (χ1v) is 8.16. The number of esters is 1. The highest BCUT2D eigenvalue weighted by molar-refractivity contribution is 5.85. The van der Waals surface area contributed by atoms with Gasteiger partial charge in [-0.3, -0.25) is 9.59 Å². The Labute approximate surface area is 151 Å². The molecular weight excluding hydrogens is 328 g/mol. The monoisotopic (exact) mass is 346 g/mol. The van der Waals surface area contributed by atoms with Gasteiger partial charge < -0.3 is 4.74 Å². The predicted molar refractivity (Wildman–Crippen MR) is 101 cm³/mol. The fraction of sp³-hybridized carbons (Fsp3) is 0.0952. The van der Waals surface area contributed by atoms with Crippen LogP contribution >= 0.6 is 0 Å². The van der Waals surface area contributed by atoms with Crippen molar-refractivity contribution in [3.63, 3.8) is 0 Å². The number of aromatic nitrogens is 2. The third kappa shape index (κ3) is 3.95. The van der Waals surface area contributed by atoms with Gasteiger partial charge in [0.1, 0.15) is 11.4 Å². The van der Waals surface area contributed by atoms with E-state index in [0.717, 1.165) is 11.1 Å². The number of benzene rings is 2. The number of ether oxygens (including phenoxy) is 1. The van der Waals surface area contributed by atoms with Gasteiger partial charge in [-0.1, -0.05) is 54.6 Å². The summed E-state index contributed by atoms with van der Waals surface area (Å²) in [5, 5.41) is 4.38. The average molecular weight is 346 g/mol. The Morgan fingerprint density at radius 1 is 0.962 bits per heavy atom. The number of para-hydroxylation sites is 1. The van der Waals surface area contributed by atoms with Crippen LogP contribution < -0.4 is 4.74 Å². The summed E-state index contributed by atoms with van der Waals surface area (Å²) in [5.41, 5.74) is 3.01. The van der Waals surface area contributed by atoms with E-state index in [-0.39, 0.29) is 5.91 Å². The minimum atomic E-state index is -0.412. The van der Waals surface area contributed by atoms with E-state index in [2.05, 4.69) is 5.10 Å². The van der Waals surface area contributed by atoms with E-state index >= 15 is 0 Å². The highest BCUT2D eigenvalue weighted by atomic mass is 16.5. The molecule has 2 aromatic carbocycles. The predicted octanol–water partition coefficient (Wildman–Crippen LogP) is 4.31. The lowest BCUT2D eigenvalue weighted by molar-refractivity contribution is -0.131. The molecule has 5 nitrogen and oxygen atoms in total. The minimum absolute atomic E-state index is 0.199. The molecule has 1 heterocycles. The van der Waals surface area contributed by atoms with Crippen molar-refractivity contribution in [3.05, 3.63) is 71.9 Å². The number of nitrogens with zero attached hydrogens (tertiary/aromatic N) is 2. The highest BCUT2D eigenvalue weighted by Gasteiger charge is 2.16. The highest BCUT2D eigenvalue weighted by Crippen LogP contribution is 2.32. The fourth-order valence-corrected chi connectivity index (χ4v) is 2.54. The van der Waals surface area contributed by atoms with Crippen LogP contribution in [0.15, 0.2) is 60.8 Å². The lowest BCUT2D eigenvalue weighted by Gasteiger charge is -2.07. The van der Waals surface area contributed by atoms with Gasteiger partial charge in [0.05, 0.1) is 0 Å². The second-order valence-electron chi connectivity index (χ2n) is 5.73. The SMILES string of the molecule is CC(=O)Oc1ccccc1-c1nn(C(C)=O)cc1/C=C/c1ccccc1. The van der Waals surface area contributed by atoms with Gasteiger partial charge in [-0.15, -0.1) is 0 Å². The minimum Gasteiger partial charge on any atom is -0.426 e. The molecule has 0 unspecified atom stereocenters. The van der Waals surface area contributed by atoms with Crippen LogP contribution in [0.5, 0.6) is 5.75 Å². The number of rotatable bonds is 4. The lowest BCUT2D eigenvalue weighted by atomic mass is 10.1. The molecule has 26 heavy (non-hydrogen) atoms. The van der Waals surface area contributed by atoms with Crippen LogP contribution in [0.3, 0.4) is 0 Å². The van der Waals surface area contributed by atoms with Crippen LogP contribution in [0.2, 0.25) is 0 Å². The molecule has 0 amide bonds. The number of hydrogen-bond donors (Lipinski definition) is 0. The smallest absolute Gasteiger partial charge is 0.308 e. The molecule has 130 valence electrons. The first-order chi connectivity index (χ1) is 12.5. The molecule has 0 radical (unpaired) electrons. The van der Waals surface area contributed by atoms with Gasteiger partial charge in [-0.25, -0.2) is 4.68 Å². The van der Waals surface area contributed by atoms with Crippen molar-refractivity contribution in [1.29, 1.82) is 0 Å². The Morgan fingerprint density at radius 3 is 2.35 bits per heavy atom. The summed E-state index contributed by atoms with van der Waals surface area (Å²) in [5.74, 6) is -0.205. The van der Waals surface area contributed by atoms with E-state index in [0.29, 0.717) is 17.0 Å². The summed E-state index contributed by atoms with van der Waals surface area (Å²) in [4.78, 5) is 23.2. The normalized spacial score (nSPS) is 10.8. The van der Waals surface area contributed by atoms with E-state index in [4.69, 9.17) is 4.74 Å². The van der Waals surface area contributed by atoms with Gasteiger partial charge in [-0.05, 0) is 17.7 Å². The van der Waals surface area contributed by atoms with Gasteiger partial charge in [0.25, 0.3) is 0 Å². The van der Waals surface area contributed by atoms with Crippen molar-refractivity contribution in [2.45, 2.75) is 13.8 Å². The number of hydrogen-bond acceptors (Lipinski definition) is 4. The molecule has 0 atom stereocenters. The van der Waals surface area contributed by atoms with E-state index in [9.17, 15) is 9.59 Å². The molecule has 0 N–H and O–H groups in total. The molecule has 3 aromatic rings. The molecule has 0 aliphatic heterocycles. The topological polar surface area (TPSA) is 61.2 Å². The van der Waals surface area contributed by atoms with Crippen molar-refractivity contribution < 1.29 is 14.3 Å². The largest absolute Gasteiger partial charge is 0.426 e. The van der Waals surface area contributed by atoms with Gasteiger partial charge in [0, 0.05) is 31.2 Å². The van der Waals surface area contributed by atoms with Crippen molar-refractivity contribution in [2.75, 3.05) is 0 Å². The van der Waals surface area contributed by atoms with E-state index in [1.807, 2.05) is 54.6 Å². The summed E-state index contributed by atoms with van der Waals surface area (Å²) < 4.78 is 6.57. The molecule has 0 bridgehead atoms. The third-order valence-corrected chi connectivity index (χ3v) is 3.72. The zero-order valence-corrected chi connectivity index (χ0v) is 14.5. The standard InChI is InChI=1S/C21H18N2O3/c1-15(24)23-14-18(13-12-17-8-4-3-5-9-17)21(22-23)19-10-6-7-11-20(19)26-16(2)25/h3-14H,1-2H3/b13-12+. The van der Waals surface area contributed by atoms with Crippen molar-refractivity contribution in [1.82, 2.24) is 9.78 Å². The Morgan fingerprint density at radius 2 is 1.65 bits per heavy atom. The van der Waals surface area contributed by atoms with Gasteiger partial charge >= 0.3 is 5.97 Å². The van der Waals surface area contributed by atoms with Gasteiger partial charge in [0.2, 0.25) is 5.91 Å². The molecule has 1 aromatic heterocycles. The third-order valence-electron chi connectivity index (χ3n) is 3.72. The summed E-state index contributed by atoms with van der Waals surface area (Å²) in [6, 6.07) is 17.0. The van der Waals surface area contributed by atoms with Crippen LogP contribution in [0.1, 0.15) is 29.8 Å². The summed E-state index contributed by atoms with van der Waals surface area (Å²) in [7, 11) is 0. The molecule has 0 saturated heterocycles. The van der Waals surface area contributed by atoms with E-state index in [1.54, 1.807) is 18.3 Å². The second-order valence-corrected chi connectivity index (χ2v) is 5.73. The molecule has 0 aliphatic carbocycles. The summed E-state index contributed by atoms with van der Waals surface area (Å²) in [6.45, 7) is 2.79. The maximum Gasteiger partial charge on any atom is 0.308 e. The first-order valence-electron chi connectivity index (χ1n) is 8.16. The molecule has 0 aliphatic rings. The molecule has 0 fully saturated rings. The van der Waals surface area contributed by atoms with Crippen LogP contribution in [-0.4, -0.2) is 21.7 Å². The lowest BCUT2D eigenvalue weighted by Crippen LogP contribution is -2.06. The maximum absolute atomic E-state index is 11.8. The molecule has 0 saturated carbocycles.